The summed E-state index contributed by atoms with van der Waals surface area (Å²) >= 11 is 0. The number of carbonyl (C=O) groups is 2. The summed E-state index contributed by atoms with van der Waals surface area (Å²) < 4.78 is 13.2. The molecular formula is C25H21FN2O2. The molecule has 1 N–H and O–H groups in total. The van der Waals surface area contributed by atoms with Crippen LogP contribution in [0.2, 0.25) is 0 Å². The molecule has 0 aromatic heterocycles. The van der Waals surface area contributed by atoms with Gasteiger partial charge in [-0.3, -0.25) is 14.5 Å². The van der Waals surface area contributed by atoms with Crippen LogP contribution >= 0.6 is 0 Å². The van der Waals surface area contributed by atoms with Gasteiger partial charge >= 0.3 is 0 Å². The molecule has 150 valence electrons. The fraction of sp³-hybridized carbons (Fsp3) is 0.120. The van der Waals surface area contributed by atoms with Crippen molar-refractivity contribution in [1.82, 2.24) is 4.90 Å². The van der Waals surface area contributed by atoms with E-state index in [1.807, 2.05) is 62.4 Å². The minimum absolute atomic E-state index is 0.0758. The standard InChI is InChI=1S/C25H21FN2O2/c1-16-3-9-19(10-4-16)22-23(27-21-13-5-17(2)6-14-21)25(30)28(24(22)29)15-18-7-11-20(26)12-8-18/h3-14,27H,15H2,1-2H3. The van der Waals surface area contributed by atoms with Crippen LogP contribution in [-0.2, 0) is 16.1 Å². The Labute approximate surface area is 174 Å². The minimum Gasteiger partial charge on any atom is -0.350 e. The number of halogens is 1. The van der Waals surface area contributed by atoms with Crippen molar-refractivity contribution in [3.8, 4) is 0 Å². The molecule has 1 heterocycles. The molecule has 3 aromatic rings. The first-order valence-corrected chi connectivity index (χ1v) is 9.68. The molecular weight excluding hydrogens is 379 g/mol. The van der Waals surface area contributed by atoms with Crippen LogP contribution in [0.1, 0.15) is 22.3 Å². The van der Waals surface area contributed by atoms with Crippen LogP contribution in [0.3, 0.4) is 0 Å². The van der Waals surface area contributed by atoms with Gasteiger partial charge in [-0.15, -0.1) is 0 Å². The van der Waals surface area contributed by atoms with Crippen molar-refractivity contribution in [1.29, 1.82) is 0 Å². The first-order chi connectivity index (χ1) is 14.4. The van der Waals surface area contributed by atoms with E-state index >= 15 is 0 Å². The zero-order valence-corrected chi connectivity index (χ0v) is 16.8. The summed E-state index contributed by atoms with van der Waals surface area (Å²) in [6, 6.07) is 20.9. The van der Waals surface area contributed by atoms with E-state index < -0.39 is 5.91 Å². The SMILES string of the molecule is Cc1ccc(NC2=C(c3ccc(C)cc3)C(=O)N(Cc3ccc(F)cc3)C2=O)cc1. The van der Waals surface area contributed by atoms with Crippen molar-refractivity contribution in [2.45, 2.75) is 20.4 Å². The number of hydrogen-bond acceptors (Lipinski definition) is 3. The molecule has 0 atom stereocenters. The molecule has 4 rings (SSSR count). The average molecular weight is 400 g/mol. The third-order valence-corrected chi connectivity index (χ3v) is 5.08. The Hall–Kier alpha value is -3.73. The summed E-state index contributed by atoms with van der Waals surface area (Å²) in [6.45, 7) is 4.02. The summed E-state index contributed by atoms with van der Waals surface area (Å²) in [4.78, 5) is 27.7. The fourth-order valence-corrected chi connectivity index (χ4v) is 3.38. The summed E-state index contributed by atoms with van der Waals surface area (Å²) in [6.07, 6.45) is 0. The number of nitrogens with one attached hydrogen (secondary N) is 1. The lowest BCUT2D eigenvalue weighted by Gasteiger charge is -2.15. The Morgan fingerprint density at radius 3 is 1.93 bits per heavy atom. The predicted octanol–water partition coefficient (Wildman–Crippen LogP) is 4.83. The van der Waals surface area contributed by atoms with Gasteiger partial charge in [-0.2, -0.15) is 0 Å². The van der Waals surface area contributed by atoms with Crippen LogP contribution in [-0.4, -0.2) is 16.7 Å². The highest BCUT2D eigenvalue weighted by Crippen LogP contribution is 2.31. The van der Waals surface area contributed by atoms with Crippen molar-refractivity contribution in [3.63, 3.8) is 0 Å². The van der Waals surface area contributed by atoms with Gasteiger partial charge < -0.3 is 5.32 Å². The zero-order chi connectivity index (χ0) is 21.3. The third kappa shape index (κ3) is 3.87. The fourth-order valence-electron chi connectivity index (χ4n) is 3.38. The van der Waals surface area contributed by atoms with Crippen LogP contribution in [0.15, 0.2) is 78.5 Å². The maximum atomic E-state index is 13.3. The quantitative estimate of drug-likeness (QED) is 0.624. The van der Waals surface area contributed by atoms with Crippen LogP contribution in [0.5, 0.6) is 0 Å². The number of amides is 2. The molecule has 30 heavy (non-hydrogen) atoms. The van der Waals surface area contributed by atoms with Gasteiger partial charge in [0.15, 0.2) is 0 Å². The van der Waals surface area contributed by atoms with E-state index in [2.05, 4.69) is 5.32 Å². The number of imide groups is 1. The molecule has 0 saturated heterocycles. The van der Waals surface area contributed by atoms with Crippen molar-refractivity contribution in [2.75, 3.05) is 5.32 Å². The normalized spacial score (nSPS) is 13.9. The lowest BCUT2D eigenvalue weighted by atomic mass is 10.0. The Morgan fingerprint density at radius 2 is 1.33 bits per heavy atom. The van der Waals surface area contributed by atoms with Crippen LogP contribution in [0.25, 0.3) is 5.57 Å². The molecule has 0 fully saturated rings. The number of rotatable bonds is 5. The summed E-state index contributed by atoms with van der Waals surface area (Å²) in [5, 5.41) is 3.14. The monoisotopic (exact) mass is 400 g/mol. The first kappa shape index (κ1) is 19.6. The number of nitrogens with zero attached hydrogens (tertiary/aromatic N) is 1. The second kappa shape index (κ2) is 7.95. The van der Waals surface area contributed by atoms with Gasteiger partial charge in [0.1, 0.15) is 11.5 Å². The Balaban J connectivity index is 1.72. The van der Waals surface area contributed by atoms with Crippen molar-refractivity contribution in [2.24, 2.45) is 0 Å². The molecule has 0 aliphatic carbocycles. The Morgan fingerprint density at radius 1 is 0.767 bits per heavy atom. The molecule has 2 amide bonds. The summed E-state index contributed by atoms with van der Waals surface area (Å²) in [7, 11) is 0. The van der Waals surface area contributed by atoms with Crippen LogP contribution < -0.4 is 5.32 Å². The number of hydrogen-bond donors (Lipinski definition) is 1. The van der Waals surface area contributed by atoms with E-state index in [1.54, 1.807) is 12.1 Å². The molecule has 5 heteroatoms. The maximum Gasteiger partial charge on any atom is 0.278 e. The minimum atomic E-state index is -0.402. The van der Waals surface area contributed by atoms with Crippen LogP contribution in [0, 0.1) is 19.7 Å². The predicted molar refractivity (Wildman–Crippen MR) is 115 cm³/mol. The van der Waals surface area contributed by atoms with E-state index in [4.69, 9.17) is 0 Å². The lowest BCUT2D eigenvalue weighted by molar-refractivity contribution is -0.137. The van der Waals surface area contributed by atoms with E-state index in [9.17, 15) is 14.0 Å². The van der Waals surface area contributed by atoms with Gasteiger partial charge in [0, 0.05) is 5.69 Å². The van der Waals surface area contributed by atoms with Crippen molar-refractivity contribution in [3.05, 3.63) is 107 Å². The van der Waals surface area contributed by atoms with Gasteiger partial charge in [0.2, 0.25) is 0 Å². The highest BCUT2D eigenvalue weighted by atomic mass is 19.1. The molecule has 0 unspecified atom stereocenters. The molecule has 0 radical (unpaired) electrons. The van der Waals surface area contributed by atoms with E-state index in [-0.39, 0.29) is 24.0 Å². The van der Waals surface area contributed by atoms with Gasteiger partial charge in [0.05, 0.1) is 12.1 Å². The van der Waals surface area contributed by atoms with Gasteiger partial charge in [-0.1, -0.05) is 59.7 Å². The number of carbonyl (C=O) groups excluding carboxylic acids is 2. The smallest absolute Gasteiger partial charge is 0.278 e. The summed E-state index contributed by atoms with van der Waals surface area (Å²) in [5.74, 6) is -1.14. The first-order valence-electron chi connectivity index (χ1n) is 9.68. The molecule has 1 aliphatic rings. The molecule has 0 bridgehead atoms. The van der Waals surface area contributed by atoms with Crippen molar-refractivity contribution < 1.29 is 14.0 Å². The maximum absolute atomic E-state index is 13.3. The van der Waals surface area contributed by atoms with Crippen LogP contribution in [0.4, 0.5) is 10.1 Å². The Bertz CT molecular complexity index is 1130. The zero-order valence-electron chi connectivity index (χ0n) is 16.8. The van der Waals surface area contributed by atoms with E-state index in [0.717, 1.165) is 16.8 Å². The topological polar surface area (TPSA) is 49.4 Å². The molecule has 3 aromatic carbocycles. The van der Waals surface area contributed by atoms with E-state index in [0.29, 0.717) is 16.7 Å². The third-order valence-electron chi connectivity index (χ3n) is 5.08. The number of anilines is 1. The van der Waals surface area contributed by atoms with Gasteiger partial charge in [-0.25, -0.2) is 4.39 Å². The lowest BCUT2D eigenvalue weighted by Crippen LogP contribution is -2.32. The Kier molecular flexibility index (Phi) is 5.19. The van der Waals surface area contributed by atoms with Crippen molar-refractivity contribution >= 4 is 23.1 Å². The van der Waals surface area contributed by atoms with Gasteiger partial charge in [-0.05, 0) is 49.2 Å². The molecule has 0 saturated carbocycles. The molecule has 0 spiro atoms. The molecule has 4 nitrogen and oxygen atoms in total. The summed E-state index contributed by atoms with van der Waals surface area (Å²) in [5.41, 5.74) is 4.82. The van der Waals surface area contributed by atoms with Gasteiger partial charge in [0.25, 0.3) is 11.8 Å². The second-order valence-electron chi connectivity index (χ2n) is 7.43. The highest BCUT2D eigenvalue weighted by Gasteiger charge is 2.39. The second-order valence-corrected chi connectivity index (χ2v) is 7.43. The van der Waals surface area contributed by atoms with E-state index in [1.165, 1.54) is 17.0 Å². The molecule has 1 aliphatic heterocycles. The number of benzene rings is 3. The largest absolute Gasteiger partial charge is 0.350 e. The number of aryl methyl sites for hydroxylation is 2. The average Bonchev–Trinajstić information content (AvgIpc) is 2.96. The highest BCUT2D eigenvalue weighted by molar-refractivity contribution is 6.36.